The van der Waals surface area contributed by atoms with Crippen LogP contribution in [0.5, 0.6) is 0 Å². The largest absolute Gasteiger partial charge is 0.366 e. The van der Waals surface area contributed by atoms with Crippen LogP contribution in [0.15, 0.2) is 18.2 Å². The van der Waals surface area contributed by atoms with E-state index in [0.29, 0.717) is 16.1 Å². The number of benzene rings is 1. The van der Waals surface area contributed by atoms with E-state index < -0.39 is 0 Å². The lowest BCUT2D eigenvalue weighted by atomic mass is 10.2. The molecule has 1 aromatic carbocycles. The third-order valence-corrected chi connectivity index (χ3v) is 3.77. The molecule has 0 radical (unpaired) electrons. The quantitative estimate of drug-likeness (QED) is 0.833. The second-order valence-electron chi connectivity index (χ2n) is 4.17. The topological polar surface area (TPSA) is 15.3 Å². The van der Waals surface area contributed by atoms with E-state index in [2.05, 4.69) is 17.1 Å². The fourth-order valence-corrected chi connectivity index (χ4v) is 2.49. The van der Waals surface area contributed by atoms with Crippen LogP contribution in [0.4, 0.5) is 5.69 Å². The van der Waals surface area contributed by atoms with Crippen molar-refractivity contribution in [1.82, 2.24) is 5.32 Å². The first-order valence-corrected chi connectivity index (χ1v) is 6.37. The van der Waals surface area contributed by atoms with Crippen molar-refractivity contribution in [3.05, 3.63) is 28.2 Å². The van der Waals surface area contributed by atoms with E-state index in [-0.39, 0.29) is 0 Å². The molecular weight excluding hydrogens is 243 g/mol. The van der Waals surface area contributed by atoms with E-state index in [0.717, 1.165) is 31.7 Å². The van der Waals surface area contributed by atoms with Crippen LogP contribution in [0.25, 0.3) is 0 Å². The third-order valence-electron chi connectivity index (χ3n) is 2.97. The zero-order chi connectivity index (χ0) is 11.5. The lowest BCUT2D eigenvalue weighted by molar-refractivity contribution is 0.630. The molecule has 1 fully saturated rings. The van der Waals surface area contributed by atoms with Gasteiger partial charge in [0.15, 0.2) is 0 Å². The van der Waals surface area contributed by atoms with Crippen molar-refractivity contribution in [3.8, 4) is 0 Å². The predicted molar refractivity (Wildman–Crippen MR) is 70.8 cm³/mol. The van der Waals surface area contributed by atoms with Crippen molar-refractivity contribution in [2.75, 3.05) is 24.5 Å². The molecule has 2 nitrogen and oxygen atoms in total. The molecule has 1 aliphatic rings. The van der Waals surface area contributed by atoms with Crippen LogP contribution in [-0.2, 0) is 0 Å². The van der Waals surface area contributed by atoms with Crippen molar-refractivity contribution in [3.63, 3.8) is 0 Å². The Hall–Kier alpha value is -0.440. The molecule has 1 aromatic rings. The lowest BCUT2D eigenvalue weighted by Crippen LogP contribution is -2.37. The van der Waals surface area contributed by atoms with Crippen LogP contribution >= 0.6 is 23.2 Å². The first-order valence-electron chi connectivity index (χ1n) is 5.61. The van der Waals surface area contributed by atoms with Gasteiger partial charge < -0.3 is 10.2 Å². The number of hydrogen-bond donors (Lipinski definition) is 1. The van der Waals surface area contributed by atoms with Crippen LogP contribution in [0, 0.1) is 0 Å². The number of hydrogen-bond acceptors (Lipinski definition) is 2. The molecule has 0 spiro atoms. The molecule has 1 N–H and O–H groups in total. The summed E-state index contributed by atoms with van der Waals surface area (Å²) in [6, 6.07) is 6.26. The number of halogens is 2. The molecule has 4 heteroatoms. The Kier molecular flexibility index (Phi) is 3.95. The molecule has 0 amide bonds. The van der Waals surface area contributed by atoms with Gasteiger partial charge in [0, 0.05) is 19.1 Å². The average molecular weight is 259 g/mol. The summed E-state index contributed by atoms with van der Waals surface area (Å²) in [5.41, 5.74) is 1.05. The van der Waals surface area contributed by atoms with E-state index in [9.17, 15) is 0 Å². The lowest BCUT2D eigenvalue weighted by Gasteiger charge is -2.30. The Labute approximate surface area is 107 Å². The average Bonchev–Trinajstić information content (AvgIpc) is 2.47. The van der Waals surface area contributed by atoms with Gasteiger partial charge in [0.2, 0.25) is 0 Å². The molecular formula is C12H16Cl2N2. The minimum atomic E-state index is 0.443. The second-order valence-corrected chi connectivity index (χ2v) is 4.96. The predicted octanol–water partition coefficient (Wildman–Crippen LogP) is 3.18. The van der Waals surface area contributed by atoms with Gasteiger partial charge >= 0.3 is 0 Å². The Morgan fingerprint density at radius 3 is 3.00 bits per heavy atom. The Morgan fingerprint density at radius 2 is 2.19 bits per heavy atom. The van der Waals surface area contributed by atoms with E-state index in [4.69, 9.17) is 23.2 Å². The van der Waals surface area contributed by atoms with Crippen LogP contribution < -0.4 is 10.2 Å². The normalized spacial score (nSPS) is 21.9. The van der Waals surface area contributed by atoms with E-state index in [1.165, 1.54) is 0 Å². The minimum Gasteiger partial charge on any atom is -0.366 e. The first kappa shape index (κ1) is 12.0. The summed E-state index contributed by atoms with van der Waals surface area (Å²) in [6.07, 6.45) is 1.13. The molecule has 1 atom stereocenters. The molecule has 0 aliphatic carbocycles. The van der Waals surface area contributed by atoms with E-state index in [1.54, 1.807) is 0 Å². The highest BCUT2D eigenvalue weighted by molar-refractivity contribution is 6.43. The standard InChI is InChI=1S/C12H16Cl2N2/c1-9-8-15-6-3-7-16(9)11-5-2-4-10(13)12(11)14/h2,4-5,9,15H,3,6-8H2,1H3. The number of anilines is 1. The van der Waals surface area contributed by atoms with Gasteiger partial charge in [-0.1, -0.05) is 29.3 Å². The summed E-state index contributed by atoms with van der Waals surface area (Å²) < 4.78 is 0. The molecule has 1 aliphatic heterocycles. The Balaban J connectivity index is 2.30. The summed E-state index contributed by atoms with van der Waals surface area (Å²) >= 11 is 12.3. The fraction of sp³-hybridized carbons (Fsp3) is 0.500. The Morgan fingerprint density at radius 1 is 1.38 bits per heavy atom. The maximum Gasteiger partial charge on any atom is 0.0825 e. The summed E-state index contributed by atoms with van der Waals surface area (Å²) in [5, 5.41) is 4.71. The summed E-state index contributed by atoms with van der Waals surface area (Å²) in [4.78, 5) is 2.33. The molecule has 1 saturated heterocycles. The van der Waals surface area contributed by atoms with Crippen molar-refractivity contribution in [2.24, 2.45) is 0 Å². The van der Waals surface area contributed by atoms with Gasteiger partial charge in [-0.2, -0.15) is 0 Å². The van der Waals surface area contributed by atoms with Gasteiger partial charge in [-0.3, -0.25) is 0 Å². The summed E-state index contributed by atoms with van der Waals surface area (Å²) in [5.74, 6) is 0. The summed E-state index contributed by atoms with van der Waals surface area (Å²) in [7, 11) is 0. The van der Waals surface area contributed by atoms with Gasteiger partial charge in [0.05, 0.1) is 15.7 Å². The van der Waals surface area contributed by atoms with Gasteiger partial charge in [-0.05, 0) is 32.0 Å². The molecule has 2 rings (SSSR count). The van der Waals surface area contributed by atoms with Gasteiger partial charge in [0.25, 0.3) is 0 Å². The third kappa shape index (κ3) is 2.45. The second kappa shape index (κ2) is 5.26. The van der Waals surface area contributed by atoms with Crippen LogP contribution in [0.1, 0.15) is 13.3 Å². The molecule has 16 heavy (non-hydrogen) atoms. The minimum absolute atomic E-state index is 0.443. The highest BCUT2D eigenvalue weighted by Crippen LogP contribution is 2.33. The highest BCUT2D eigenvalue weighted by atomic mass is 35.5. The maximum absolute atomic E-state index is 6.25. The molecule has 0 bridgehead atoms. The monoisotopic (exact) mass is 258 g/mol. The smallest absolute Gasteiger partial charge is 0.0825 e. The zero-order valence-corrected chi connectivity index (χ0v) is 10.9. The number of nitrogens with zero attached hydrogens (tertiary/aromatic N) is 1. The van der Waals surface area contributed by atoms with Crippen LogP contribution in [0.2, 0.25) is 10.0 Å². The first-order chi connectivity index (χ1) is 7.70. The van der Waals surface area contributed by atoms with Crippen molar-refractivity contribution < 1.29 is 0 Å². The number of rotatable bonds is 1. The molecule has 88 valence electrons. The van der Waals surface area contributed by atoms with Crippen molar-refractivity contribution >= 4 is 28.9 Å². The Bertz CT molecular complexity index is 368. The zero-order valence-electron chi connectivity index (χ0n) is 9.34. The molecule has 0 aromatic heterocycles. The number of nitrogens with one attached hydrogen (secondary N) is 1. The van der Waals surface area contributed by atoms with E-state index in [1.807, 2.05) is 18.2 Å². The van der Waals surface area contributed by atoms with Gasteiger partial charge in [-0.15, -0.1) is 0 Å². The molecule has 0 saturated carbocycles. The molecule has 1 heterocycles. The van der Waals surface area contributed by atoms with Crippen LogP contribution in [0.3, 0.4) is 0 Å². The highest BCUT2D eigenvalue weighted by Gasteiger charge is 2.19. The van der Waals surface area contributed by atoms with Gasteiger partial charge in [0.1, 0.15) is 0 Å². The van der Waals surface area contributed by atoms with Crippen molar-refractivity contribution in [2.45, 2.75) is 19.4 Å². The van der Waals surface area contributed by atoms with Gasteiger partial charge in [-0.25, -0.2) is 0 Å². The summed E-state index contributed by atoms with van der Waals surface area (Å²) in [6.45, 7) is 5.28. The SMILES string of the molecule is CC1CNCCCN1c1cccc(Cl)c1Cl. The fourth-order valence-electron chi connectivity index (χ4n) is 2.09. The van der Waals surface area contributed by atoms with Crippen molar-refractivity contribution in [1.29, 1.82) is 0 Å². The molecule has 1 unspecified atom stereocenters. The maximum atomic E-state index is 6.25. The van der Waals surface area contributed by atoms with Crippen LogP contribution in [-0.4, -0.2) is 25.7 Å². The van der Waals surface area contributed by atoms with E-state index >= 15 is 0 Å².